The van der Waals surface area contributed by atoms with Crippen molar-refractivity contribution in [1.29, 1.82) is 0 Å². The molecule has 1 aromatic heterocycles. The average Bonchev–Trinajstić information content (AvgIpc) is 3.06. The first kappa shape index (κ1) is 17.2. The Bertz CT molecular complexity index is 575. The maximum absolute atomic E-state index is 12.1. The fourth-order valence-electron chi connectivity index (χ4n) is 2.32. The minimum atomic E-state index is -0.203. The minimum absolute atomic E-state index is 0.00955. The second-order valence-corrected chi connectivity index (χ2v) is 6.10. The molecule has 7 heteroatoms. The Morgan fingerprint density at radius 2 is 1.91 bits per heavy atom. The lowest BCUT2D eigenvalue weighted by Crippen LogP contribution is -2.50. The summed E-state index contributed by atoms with van der Waals surface area (Å²) in [4.78, 5) is 38.4. The lowest BCUT2D eigenvalue weighted by molar-refractivity contribution is -0.138. The third-order valence-corrected chi connectivity index (χ3v) is 4.39. The molecule has 2 heterocycles. The topological polar surface area (TPSA) is 69.7 Å². The van der Waals surface area contributed by atoms with Gasteiger partial charge in [0.25, 0.3) is 0 Å². The van der Waals surface area contributed by atoms with E-state index in [0.717, 1.165) is 5.56 Å². The van der Waals surface area contributed by atoms with Gasteiger partial charge in [0.2, 0.25) is 17.7 Å². The van der Waals surface area contributed by atoms with Crippen molar-refractivity contribution in [3.8, 4) is 0 Å². The van der Waals surface area contributed by atoms with Crippen molar-refractivity contribution >= 4 is 35.1 Å². The highest BCUT2D eigenvalue weighted by Gasteiger charge is 2.21. The Morgan fingerprint density at radius 1 is 1.22 bits per heavy atom. The second-order valence-electron chi connectivity index (χ2n) is 5.32. The first-order valence-corrected chi connectivity index (χ1v) is 8.52. The standard InChI is InChI=1S/C16H21N3O3S/c1-13(20)18-7-9-19(10-8-18)16(22)4-6-17-15(21)3-2-14-5-11-23-12-14/h2-3,5,11-12H,4,6-10H2,1H3,(H,17,21). The van der Waals surface area contributed by atoms with Gasteiger partial charge in [-0.15, -0.1) is 0 Å². The molecular formula is C16H21N3O3S. The molecule has 0 spiro atoms. The molecule has 0 saturated carbocycles. The van der Waals surface area contributed by atoms with Gasteiger partial charge in [-0.25, -0.2) is 0 Å². The van der Waals surface area contributed by atoms with Crippen molar-refractivity contribution in [2.45, 2.75) is 13.3 Å². The number of nitrogens with zero attached hydrogens (tertiary/aromatic N) is 2. The molecule has 1 N–H and O–H groups in total. The van der Waals surface area contributed by atoms with Crippen molar-refractivity contribution in [1.82, 2.24) is 15.1 Å². The van der Waals surface area contributed by atoms with Crippen LogP contribution in [0.4, 0.5) is 0 Å². The second kappa shape index (κ2) is 8.47. The number of thiophene rings is 1. The van der Waals surface area contributed by atoms with E-state index in [-0.39, 0.29) is 24.1 Å². The van der Waals surface area contributed by atoms with E-state index in [1.54, 1.807) is 27.2 Å². The molecule has 0 unspecified atom stereocenters. The number of nitrogens with one attached hydrogen (secondary N) is 1. The molecular weight excluding hydrogens is 314 g/mol. The highest BCUT2D eigenvalue weighted by molar-refractivity contribution is 7.08. The molecule has 1 fully saturated rings. The maximum Gasteiger partial charge on any atom is 0.244 e. The molecule has 1 aromatic rings. The van der Waals surface area contributed by atoms with Crippen molar-refractivity contribution in [2.75, 3.05) is 32.7 Å². The highest BCUT2D eigenvalue weighted by atomic mass is 32.1. The zero-order valence-corrected chi connectivity index (χ0v) is 14.0. The number of amides is 3. The summed E-state index contributed by atoms with van der Waals surface area (Å²) in [5.41, 5.74) is 0.990. The molecule has 124 valence electrons. The predicted molar refractivity (Wildman–Crippen MR) is 89.8 cm³/mol. The zero-order chi connectivity index (χ0) is 16.7. The number of hydrogen-bond acceptors (Lipinski definition) is 4. The van der Waals surface area contributed by atoms with Crippen LogP contribution in [0.5, 0.6) is 0 Å². The fourth-order valence-corrected chi connectivity index (χ4v) is 2.95. The Kier molecular flexibility index (Phi) is 6.34. The van der Waals surface area contributed by atoms with E-state index in [2.05, 4.69) is 5.32 Å². The first-order chi connectivity index (χ1) is 11.1. The van der Waals surface area contributed by atoms with Crippen LogP contribution in [0.15, 0.2) is 22.9 Å². The van der Waals surface area contributed by atoms with E-state index >= 15 is 0 Å². The molecule has 6 nitrogen and oxygen atoms in total. The molecule has 1 saturated heterocycles. The molecule has 0 atom stereocenters. The van der Waals surface area contributed by atoms with E-state index in [9.17, 15) is 14.4 Å². The van der Waals surface area contributed by atoms with E-state index in [4.69, 9.17) is 0 Å². The van der Waals surface area contributed by atoms with Crippen LogP contribution in [-0.2, 0) is 14.4 Å². The summed E-state index contributed by atoms with van der Waals surface area (Å²) in [6.45, 7) is 4.14. The van der Waals surface area contributed by atoms with Gasteiger partial charge in [-0.3, -0.25) is 14.4 Å². The molecule has 0 radical (unpaired) electrons. The molecule has 2 rings (SSSR count). The zero-order valence-electron chi connectivity index (χ0n) is 13.2. The summed E-state index contributed by atoms with van der Waals surface area (Å²) in [5, 5.41) is 6.61. The third kappa shape index (κ3) is 5.52. The van der Waals surface area contributed by atoms with Crippen LogP contribution in [0.1, 0.15) is 18.9 Å². The lowest BCUT2D eigenvalue weighted by atomic mass is 10.2. The van der Waals surface area contributed by atoms with E-state index in [1.807, 2.05) is 16.8 Å². The number of rotatable bonds is 5. The summed E-state index contributed by atoms with van der Waals surface area (Å²) < 4.78 is 0. The van der Waals surface area contributed by atoms with Gasteiger partial charge < -0.3 is 15.1 Å². The van der Waals surface area contributed by atoms with Crippen LogP contribution in [-0.4, -0.2) is 60.2 Å². The SMILES string of the molecule is CC(=O)N1CCN(C(=O)CCNC(=O)C=Cc2ccsc2)CC1. The van der Waals surface area contributed by atoms with Crippen molar-refractivity contribution < 1.29 is 14.4 Å². The maximum atomic E-state index is 12.1. The van der Waals surface area contributed by atoms with E-state index < -0.39 is 0 Å². The summed E-state index contributed by atoms with van der Waals surface area (Å²) in [5.74, 6) is -0.150. The summed E-state index contributed by atoms with van der Waals surface area (Å²) >= 11 is 1.57. The summed E-state index contributed by atoms with van der Waals surface area (Å²) in [6.07, 6.45) is 3.49. The number of piperazine rings is 1. The van der Waals surface area contributed by atoms with Crippen LogP contribution in [0, 0.1) is 0 Å². The molecule has 0 bridgehead atoms. The first-order valence-electron chi connectivity index (χ1n) is 7.57. The van der Waals surface area contributed by atoms with Gasteiger partial charge in [0, 0.05) is 52.1 Å². The smallest absolute Gasteiger partial charge is 0.244 e. The average molecular weight is 335 g/mol. The van der Waals surface area contributed by atoms with E-state index in [0.29, 0.717) is 32.7 Å². The predicted octanol–water partition coefficient (Wildman–Crippen LogP) is 0.958. The van der Waals surface area contributed by atoms with Crippen LogP contribution < -0.4 is 5.32 Å². The van der Waals surface area contributed by atoms with Crippen LogP contribution in [0.25, 0.3) is 6.08 Å². The van der Waals surface area contributed by atoms with Gasteiger partial charge >= 0.3 is 0 Å². The van der Waals surface area contributed by atoms with Crippen molar-refractivity contribution in [2.24, 2.45) is 0 Å². The summed E-state index contributed by atoms with van der Waals surface area (Å²) in [6, 6.07) is 1.93. The van der Waals surface area contributed by atoms with Crippen molar-refractivity contribution in [3.05, 3.63) is 28.5 Å². The van der Waals surface area contributed by atoms with Gasteiger partial charge in [0.1, 0.15) is 0 Å². The van der Waals surface area contributed by atoms with Gasteiger partial charge in [-0.2, -0.15) is 11.3 Å². The normalized spacial score (nSPS) is 15.0. The van der Waals surface area contributed by atoms with Crippen LogP contribution in [0.2, 0.25) is 0 Å². The minimum Gasteiger partial charge on any atom is -0.352 e. The molecule has 0 aromatic carbocycles. The quantitative estimate of drug-likeness (QED) is 0.815. The monoisotopic (exact) mass is 335 g/mol. The Labute approximate surface area is 139 Å². The van der Waals surface area contributed by atoms with Crippen LogP contribution >= 0.6 is 11.3 Å². The molecule has 23 heavy (non-hydrogen) atoms. The number of carbonyl (C=O) groups is 3. The lowest BCUT2D eigenvalue weighted by Gasteiger charge is -2.34. The van der Waals surface area contributed by atoms with Gasteiger partial charge in [0.05, 0.1) is 0 Å². The molecule has 0 aliphatic carbocycles. The van der Waals surface area contributed by atoms with E-state index in [1.165, 1.54) is 13.0 Å². The van der Waals surface area contributed by atoms with Crippen LogP contribution in [0.3, 0.4) is 0 Å². The largest absolute Gasteiger partial charge is 0.352 e. The number of carbonyl (C=O) groups excluding carboxylic acids is 3. The molecule has 1 aliphatic rings. The Morgan fingerprint density at radius 3 is 2.52 bits per heavy atom. The summed E-state index contributed by atoms with van der Waals surface area (Å²) in [7, 11) is 0. The Balaban J connectivity index is 1.65. The fraction of sp³-hybridized carbons (Fsp3) is 0.438. The van der Waals surface area contributed by atoms with Gasteiger partial charge in [-0.05, 0) is 28.5 Å². The third-order valence-electron chi connectivity index (χ3n) is 3.69. The Hall–Kier alpha value is -2.15. The molecule has 3 amide bonds. The number of hydrogen-bond donors (Lipinski definition) is 1. The van der Waals surface area contributed by atoms with Gasteiger partial charge in [0.15, 0.2) is 0 Å². The highest BCUT2D eigenvalue weighted by Crippen LogP contribution is 2.07. The van der Waals surface area contributed by atoms with Gasteiger partial charge in [-0.1, -0.05) is 0 Å². The molecule has 1 aliphatic heterocycles. The van der Waals surface area contributed by atoms with Crippen molar-refractivity contribution in [3.63, 3.8) is 0 Å².